The average Bonchev–Trinajstić information content (AvgIpc) is 2.59. The Morgan fingerprint density at radius 2 is 1.88 bits per heavy atom. The molecule has 0 fully saturated rings. The van der Waals surface area contributed by atoms with Crippen molar-refractivity contribution in [3.63, 3.8) is 0 Å². The highest BCUT2D eigenvalue weighted by Crippen LogP contribution is 2.21. The highest BCUT2D eigenvalue weighted by molar-refractivity contribution is 6.30. The Morgan fingerprint density at radius 3 is 2.58 bits per heavy atom. The van der Waals surface area contributed by atoms with E-state index in [2.05, 4.69) is 10.1 Å². The van der Waals surface area contributed by atoms with E-state index in [1.165, 1.54) is 24.3 Å². The molecule has 0 aliphatic carbocycles. The average molecular weight is 384 g/mol. The predicted molar refractivity (Wildman–Crippen MR) is 91.4 cm³/mol. The maximum Gasteiger partial charge on any atom is 0.387 e. The highest BCUT2D eigenvalue weighted by Gasteiger charge is 2.18. The van der Waals surface area contributed by atoms with E-state index in [-0.39, 0.29) is 17.4 Å². The molecule has 0 bridgehead atoms. The third-order valence-electron chi connectivity index (χ3n) is 3.38. The molecule has 0 aliphatic rings. The van der Waals surface area contributed by atoms with Crippen molar-refractivity contribution in [3.8, 4) is 5.75 Å². The molecule has 1 atom stereocenters. The normalized spacial score (nSPS) is 11.7. The van der Waals surface area contributed by atoms with Crippen LogP contribution in [0.15, 0.2) is 48.5 Å². The van der Waals surface area contributed by atoms with Crippen LogP contribution in [0.1, 0.15) is 28.9 Å². The van der Waals surface area contributed by atoms with Crippen molar-refractivity contribution in [1.29, 1.82) is 0 Å². The molecule has 138 valence electrons. The van der Waals surface area contributed by atoms with Gasteiger partial charge in [0, 0.05) is 5.02 Å². The number of benzene rings is 2. The van der Waals surface area contributed by atoms with Gasteiger partial charge in [0.15, 0.2) is 6.61 Å². The second kappa shape index (κ2) is 9.15. The molecule has 0 heterocycles. The van der Waals surface area contributed by atoms with Crippen molar-refractivity contribution in [2.24, 2.45) is 0 Å². The summed E-state index contributed by atoms with van der Waals surface area (Å²) in [5, 5.41) is 3.18. The van der Waals surface area contributed by atoms with Gasteiger partial charge in [-0.3, -0.25) is 4.79 Å². The first-order valence-corrected chi connectivity index (χ1v) is 8.00. The number of hydrogen-bond acceptors (Lipinski definition) is 4. The molecule has 0 aromatic heterocycles. The third-order valence-corrected chi connectivity index (χ3v) is 3.62. The van der Waals surface area contributed by atoms with Gasteiger partial charge in [-0.15, -0.1) is 0 Å². The summed E-state index contributed by atoms with van der Waals surface area (Å²) in [5.74, 6) is -1.80. The van der Waals surface area contributed by atoms with E-state index in [1.807, 2.05) is 0 Å². The number of rotatable bonds is 7. The fourth-order valence-electron chi connectivity index (χ4n) is 2.19. The number of esters is 1. The number of carbonyl (C=O) groups excluding carboxylic acids is 2. The Hall–Kier alpha value is -2.67. The lowest BCUT2D eigenvalue weighted by Gasteiger charge is -2.15. The van der Waals surface area contributed by atoms with Crippen molar-refractivity contribution in [2.45, 2.75) is 19.6 Å². The van der Waals surface area contributed by atoms with Crippen LogP contribution in [0.5, 0.6) is 5.75 Å². The van der Waals surface area contributed by atoms with Gasteiger partial charge in [-0.2, -0.15) is 8.78 Å². The van der Waals surface area contributed by atoms with Crippen LogP contribution in [-0.2, 0) is 9.53 Å². The number of amides is 1. The van der Waals surface area contributed by atoms with Gasteiger partial charge in [0.05, 0.1) is 6.04 Å². The standard InChI is InChI=1S/C18H16ClF2NO4/c1-11(12-5-4-6-13(19)9-12)22-16(23)10-25-17(24)14-7-2-3-8-15(14)26-18(20)21/h2-9,11,18H,10H2,1H3,(H,22,23)/t11-/m0/s1. The number of nitrogens with one attached hydrogen (secondary N) is 1. The number of alkyl halides is 2. The fraction of sp³-hybridized carbons (Fsp3) is 0.222. The zero-order valence-electron chi connectivity index (χ0n) is 13.7. The van der Waals surface area contributed by atoms with Gasteiger partial charge in [-0.05, 0) is 36.8 Å². The van der Waals surface area contributed by atoms with Crippen LogP contribution < -0.4 is 10.1 Å². The molecule has 1 amide bonds. The molecule has 0 saturated heterocycles. The summed E-state index contributed by atoms with van der Waals surface area (Å²) in [6.45, 7) is -1.89. The molecule has 5 nitrogen and oxygen atoms in total. The lowest BCUT2D eigenvalue weighted by Crippen LogP contribution is -2.31. The van der Waals surface area contributed by atoms with Crippen molar-refractivity contribution in [2.75, 3.05) is 6.61 Å². The SMILES string of the molecule is C[C@H](NC(=O)COC(=O)c1ccccc1OC(F)F)c1cccc(Cl)c1. The topological polar surface area (TPSA) is 64.6 Å². The molecule has 2 aromatic carbocycles. The molecule has 26 heavy (non-hydrogen) atoms. The maximum absolute atomic E-state index is 12.4. The molecule has 0 saturated carbocycles. The van der Waals surface area contributed by atoms with Crippen LogP contribution in [0.3, 0.4) is 0 Å². The summed E-state index contributed by atoms with van der Waals surface area (Å²) in [5.41, 5.74) is 0.594. The zero-order chi connectivity index (χ0) is 19.1. The molecular weight excluding hydrogens is 368 g/mol. The van der Waals surface area contributed by atoms with Gasteiger partial charge in [-0.1, -0.05) is 35.9 Å². The Labute approximate surface area is 153 Å². The summed E-state index contributed by atoms with van der Waals surface area (Å²) in [4.78, 5) is 23.9. The number of ether oxygens (including phenoxy) is 2. The Bertz CT molecular complexity index is 785. The minimum Gasteiger partial charge on any atom is -0.452 e. The fourth-order valence-corrected chi connectivity index (χ4v) is 2.38. The van der Waals surface area contributed by atoms with Crippen LogP contribution in [0.4, 0.5) is 8.78 Å². The van der Waals surface area contributed by atoms with Crippen molar-refractivity contribution in [1.82, 2.24) is 5.32 Å². The molecule has 0 unspecified atom stereocenters. The van der Waals surface area contributed by atoms with E-state index in [4.69, 9.17) is 16.3 Å². The van der Waals surface area contributed by atoms with Crippen molar-refractivity contribution >= 4 is 23.5 Å². The van der Waals surface area contributed by atoms with Crippen LogP contribution in [-0.4, -0.2) is 25.1 Å². The molecule has 2 aromatic rings. The number of carbonyl (C=O) groups is 2. The summed E-state index contributed by atoms with van der Waals surface area (Å²) < 4.78 is 33.9. The Balaban J connectivity index is 1.92. The van der Waals surface area contributed by atoms with E-state index in [1.54, 1.807) is 31.2 Å². The molecule has 8 heteroatoms. The van der Waals surface area contributed by atoms with E-state index in [0.29, 0.717) is 5.02 Å². The van der Waals surface area contributed by atoms with Gasteiger partial charge in [0.1, 0.15) is 11.3 Å². The summed E-state index contributed by atoms with van der Waals surface area (Å²) in [6, 6.07) is 12.0. The second-order valence-corrected chi connectivity index (χ2v) is 5.73. The van der Waals surface area contributed by atoms with Gasteiger partial charge < -0.3 is 14.8 Å². The zero-order valence-corrected chi connectivity index (χ0v) is 14.5. The van der Waals surface area contributed by atoms with E-state index < -0.39 is 25.1 Å². The van der Waals surface area contributed by atoms with Crippen LogP contribution in [0.25, 0.3) is 0 Å². The summed E-state index contributed by atoms with van der Waals surface area (Å²) in [6.07, 6.45) is 0. The van der Waals surface area contributed by atoms with Gasteiger partial charge in [-0.25, -0.2) is 4.79 Å². The molecular formula is C18H16ClF2NO4. The van der Waals surface area contributed by atoms with E-state index >= 15 is 0 Å². The third kappa shape index (κ3) is 5.70. The largest absolute Gasteiger partial charge is 0.452 e. The Morgan fingerprint density at radius 1 is 1.15 bits per heavy atom. The minimum atomic E-state index is -3.08. The predicted octanol–water partition coefficient (Wildman–Crippen LogP) is 3.98. The highest BCUT2D eigenvalue weighted by atomic mass is 35.5. The van der Waals surface area contributed by atoms with Gasteiger partial charge >= 0.3 is 12.6 Å². The monoisotopic (exact) mass is 383 g/mol. The second-order valence-electron chi connectivity index (χ2n) is 5.30. The lowest BCUT2D eigenvalue weighted by atomic mass is 10.1. The van der Waals surface area contributed by atoms with Crippen LogP contribution in [0.2, 0.25) is 5.02 Å². The maximum atomic E-state index is 12.4. The summed E-state index contributed by atoms with van der Waals surface area (Å²) in [7, 11) is 0. The van der Waals surface area contributed by atoms with Crippen LogP contribution in [0, 0.1) is 0 Å². The minimum absolute atomic E-state index is 0.191. The van der Waals surface area contributed by atoms with E-state index in [9.17, 15) is 18.4 Å². The first-order chi connectivity index (χ1) is 12.4. The number of para-hydroxylation sites is 1. The molecule has 2 rings (SSSR count). The van der Waals surface area contributed by atoms with Crippen molar-refractivity contribution < 1.29 is 27.8 Å². The van der Waals surface area contributed by atoms with Gasteiger partial charge in [0.2, 0.25) is 0 Å². The van der Waals surface area contributed by atoms with E-state index in [0.717, 1.165) is 5.56 Å². The molecule has 1 N–H and O–H groups in total. The number of halogens is 3. The molecule has 0 spiro atoms. The number of hydrogen-bond donors (Lipinski definition) is 1. The van der Waals surface area contributed by atoms with Crippen molar-refractivity contribution in [3.05, 3.63) is 64.7 Å². The lowest BCUT2D eigenvalue weighted by molar-refractivity contribution is -0.124. The quantitative estimate of drug-likeness (QED) is 0.735. The first-order valence-electron chi connectivity index (χ1n) is 7.62. The summed E-state index contributed by atoms with van der Waals surface area (Å²) >= 11 is 5.90. The molecule has 0 radical (unpaired) electrons. The van der Waals surface area contributed by atoms with Gasteiger partial charge in [0.25, 0.3) is 5.91 Å². The smallest absolute Gasteiger partial charge is 0.387 e. The molecule has 0 aliphatic heterocycles. The first kappa shape index (κ1) is 19.7. The van der Waals surface area contributed by atoms with Crippen LogP contribution >= 0.6 is 11.6 Å². The Kier molecular flexibility index (Phi) is 6.91.